The number of methoxy groups -OCH3 is 1. The Labute approximate surface area is 116 Å². The third-order valence-corrected chi connectivity index (χ3v) is 2.74. The van der Waals surface area contributed by atoms with Gasteiger partial charge in [0.15, 0.2) is 11.5 Å². The molecule has 0 atom stereocenters. The lowest BCUT2D eigenvalue weighted by Gasteiger charge is -2.12. The Bertz CT molecular complexity index is 355. The maximum atomic E-state index is 5.72. The molecule has 0 radical (unpaired) electrons. The number of ether oxygens (including phenoxy) is 3. The first-order valence-electron chi connectivity index (χ1n) is 6.83. The Morgan fingerprint density at radius 2 is 1.95 bits per heavy atom. The highest BCUT2D eigenvalue weighted by molar-refractivity contribution is 5.42. The van der Waals surface area contributed by atoms with Crippen LogP contribution in [0.5, 0.6) is 11.5 Å². The lowest BCUT2D eigenvalue weighted by Crippen LogP contribution is -2.09. The van der Waals surface area contributed by atoms with Crippen LogP contribution in [0.25, 0.3) is 0 Å². The van der Waals surface area contributed by atoms with Crippen LogP contribution in [0.4, 0.5) is 0 Å². The molecule has 4 nitrogen and oxygen atoms in total. The normalized spacial score (nSPS) is 10.5. The molecule has 19 heavy (non-hydrogen) atoms. The highest BCUT2D eigenvalue weighted by Crippen LogP contribution is 2.27. The summed E-state index contributed by atoms with van der Waals surface area (Å²) < 4.78 is 16.5. The largest absolute Gasteiger partial charge is 0.493 e. The van der Waals surface area contributed by atoms with Crippen molar-refractivity contribution in [2.24, 2.45) is 0 Å². The van der Waals surface area contributed by atoms with Crippen molar-refractivity contribution in [2.75, 3.05) is 34.0 Å². The lowest BCUT2D eigenvalue weighted by molar-refractivity contribution is 0.0970. The predicted octanol–water partition coefficient (Wildman–Crippen LogP) is 2.61. The molecule has 4 heteroatoms. The third kappa shape index (κ3) is 5.94. The van der Waals surface area contributed by atoms with Gasteiger partial charge < -0.3 is 19.5 Å². The van der Waals surface area contributed by atoms with E-state index in [9.17, 15) is 0 Å². The monoisotopic (exact) mass is 267 g/mol. The fraction of sp³-hybridized carbons (Fsp3) is 0.600. The number of benzene rings is 1. The zero-order valence-corrected chi connectivity index (χ0v) is 12.2. The summed E-state index contributed by atoms with van der Waals surface area (Å²) in [5.74, 6) is 1.53. The zero-order chi connectivity index (χ0) is 13.9. The van der Waals surface area contributed by atoms with Crippen LogP contribution in [0.3, 0.4) is 0 Å². The van der Waals surface area contributed by atoms with E-state index in [1.165, 1.54) is 5.56 Å². The molecular weight excluding hydrogens is 242 g/mol. The van der Waals surface area contributed by atoms with E-state index < -0.39 is 0 Å². The molecule has 1 N–H and O–H groups in total. The predicted molar refractivity (Wildman–Crippen MR) is 77.0 cm³/mol. The summed E-state index contributed by atoms with van der Waals surface area (Å²) in [6.45, 7) is 4.92. The molecule has 1 rings (SSSR count). The Morgan fingerprint density at radius 1 is 1.11 bits per heavy atom. The fourth-order valence-corrected chi connectivity index (χ4v) is 1.71. The Balaban J connectivity index is 2.43. The second-order valence-corrected chi connectivity index (χ2v) is 4.33. The van der Waals surface area contributed by atoms with E-state index >= 15 is 0 Å². The minimum absolute atomic E-state index is 0.545. The van der Waals surface area contributed by atoms with Gasteiger partial charge in [0.2, 0.25) is 0 Å². The van der Waals surface area contributed by atoms with Crippen molar-refractivity contribution in [2.45, 2.75) is 26.3 Å². The first kappa shape index (κ1) is 15.8. The highest BCUT2D eigenvalue weighted by atomic mass is 16.5. The van der Waals surface area contributed by atoms with Crippen molar-refractivity contribution < 1.29 is 14.2 Å². The van der Waals surface area contributed by atoms with Gasteiger partial charge in [0.25, 0.3) is 0 Å². The van der Waals surface area contributed by atoms with Crippen molar-refractivity contribution in [3.05, 3.63) is 23.8 Å². The molecule has 0 heterocycles. The minimum Gasteiger partial charge on any atom is -0.493 e. The fourth-order valence-electron chi connectivity index (χ4n) is 1.71. The first-order valence-corrected chi connectivity index (χ1v) is 6.83. The van der Waals surface area contributed by atoms with E-state index in [1.54, 1.807) is 7.11 Å². The van der Waals surface area contributed by atoms with Crippen LogP contribution in [0, 0.1) is 0 Å². The summed E-state index contributed by atoms with van der Waals surface area (Å²) in [5.41, 5.74) is 1.17. The summed E-state index contributed by atoms with van der Waals surface area (Å²) in [6.07, 6.45) is 2.25. The second kappa shape index (κ2) is 9.64. The van der Waals surface area contributed by atoms with Crippen LogP contribution >= 0.6 is 0 Å². The number of hydrogen-bond acceptors (Lipinski definition) is 4. The number of rotatable bonds is 10. The zero-order valence-electron chi connectivity index (χ0n) is 12.2. The van der Waals surface area contributed by atoms with Gasteiger partial charge in [0.05, 0.1) is 13.7 Å². The Morgan fingerprint density at radius 3 is 2.63 bits per heavy atom. The standard InChI is InChI=1S/C15H25NO3/c1-4-5-8-18-9-10-19-15-11-13(12-16-2)6-7-14(15)17-3/h6-7,11,16H,4-5,8-10,12H2,1-3H3. The Kier molecular flexibility index (Phi) is 8.02. The van der Waals surface area contributed by atoms with Gasteiger partial charge in [0, 0.05) is 13.2 Å². The quantitative estimate of drug-likeness (QED) is 0.661. The molecule has 0 aliphatic heterocycles. The van der Waals surface area contributed by atoms with Crippen LogP contribution < -0.4 is 14.8 Å². The average Bonchev–Trinajstić information content (AvgIpc) is 2.43. The first-order chi connectivity index (χ1) is 9.31. The van der Waals surface area contributed by atoms with Crippen molar-refractivity contribution in [1.29, 1.82) is 0 Å². The SMILES string of the molecule is CCCCOCCOc1cc(CNC)ccc1OC. The number of unbranched alkanes of at least 4 members (excludes halogenated alkanes) is 1. The maximum absolute atomic E-state index is 5.72. The van der Waals surface area contributed by atoms with Crippen LogP contribution in [0.15, 0.2) is 18.2 Å². The molecule has 0 amide bonds. The number of nitrogens with one attached hydrogen (secondary N) is 1. The molecule has 0 bridgehead atoms. The molecular formula is C15H25NO3. The third-order valence-electron chi connectivity index (χ3n) is 2.74. The smallest absolute Gasteiger partial charge is 0.161 e. The molecule has 0 aliphatic rings. The molecule has 0 aromatic heterocycles. The van der Waals surface area contributed by atoms with Gasteiger partial charge in [-0.2, -0.15) is 0 Å². The molecule has 1 aromatic rings. The summed E-state index contributed by atoms with van der Waals surface area (Å²) >= 11 is 0. The van der Waals surface area contributed by atoms with E-state index in [4.69, 9.17) is 14.2 Å². The topological polar surface area (TPSA) is 39.7 Å². The second-order valence-electron chi connectivity index (χ2n) is 4.33. The minimum atomic E-state index is 0.545. The van der Waals surface area contributed by atoms with Crippen LogP contribution in [0.2, 0.25) is 0 Å². The highest BCUT2D eigenvalue weighted by Gasteiger charge is 2.05. The van der Waals surface area contributed by atoms with Crippen LogP contribution in [0.1, 0.15) is 25.3 Å². The molecule has 0 saturated heterocycles. The molecule has 0 fully saturated rings. The van der Waals surface area contributed by atoms with Crippen molar-refractivity contribution in [3.8, 4) is 11.5 Å². The van der Waals surface area contributed by atoms with Gasteiger partial charge in [-0.3, -0.25) is 0 Å². The van der Waals surface area contributed by atoms with Gasteiger partial charge in [-0.1, -0.05) is 19.4 Å². The molecule has 0 unspecified atom stereocenters. The molecule has 1 aromatic carbocycles. The average molecular weight is 267 g/mol. The van der Waals surface area contributed by atoms with Gasteiger partial charge >= 0.3 is 0 Å². The van der Waals surface area contributed by atoms with Gasteiger partial charge in [-0.15, -0.1) is 0 Å². The maximum Gasteiger partial charge on any atom is 0.161 e. The summed E-state index contributed by atoms with van der Waals surface area (Å²) in [7, 11) is 3.57. The lowest BCUT2D eigenvalue weighted by atomic mass is 10.2. The van der Waals surface area contributed by atoms with Gasteiger partial charge in [0.1, 0.15) is 6.61 Å². The van der Waals surface area contributed by atoms with Crippen LogP contribution in [-0.2, 0) is 11.3 Å². The molecule has 0 aliphatic carbocycles. The molecule has 0 saturated carbocycles. The van der Waals surface area contributed by atoms with Crippen molar-refractivity contribution in [3.63, 3.8) is 0 Å². The Hall–Kier alpha value is -1.26. The van der Waals surface area contributed by atoms with Gasteiger partial charge in [-0.05, 0) is 31.2 Å². The van der Waals surface area contributed by atoms with Crippen molar-refractivity contribution in [1.82, 2.24) is 5.32 Å². The molecule has 0 spiro atoms. The summed E-state index contributed by atoms with van der Waals surface area (Å²) in [5, 5.41) is 3.12. The molecule has 108 valence electrons. The van der Waals surface area contributed by atoms with E-state index in [2.05, 4.69) is 12.2 Å². The summed E-state index contributed by atoms with van der Waals surface area (Å²) in [6, 6.07) is 5.96. The van der Waals surface area contributed by atoms with Crippen LogP contribution in [-0.4, -0.2) is 34.0 Å². The van der Waals surface area contributed by atoms with E-state index in [0.29, 0.717) is 13.2 Å². The van der Waals surface area contributed by atoms with Crippen molar-refractivity contribution >= 4 is 0 Å². The van der Waals surface area contributed by atoms with Gasteiger partial charge in [-0.25, -0.2) is 0 Å². The van der Waals surface area contributed by atoms with E-state index in [0.717, 1.165) is 37.5 Å². The van der Waals surface area contributed by atoms with E-state index in [-0.39, 0.29) is 0 Å². The number of hydrogen-bond donors (Lipinski definition) is 1. The van der Waals surface area contributed by atoms with E-state index in [1.807, 2.05) is 25.2 Å². The summed E-state index contributed by atoms with van der Waals surface area (Å²) in [4.78, 5) is 0.